The minimum absolute atomic E-state index is 0.256. The highest BCUT2D eigenvalue weighted by Gasteiger charge is 2.23. The van der Waals surface area contributed by atoms with Gasteiger partial charge in [0.1, 0.15) is 17.3 Å². The van der Waals surface area contributed by atoms with Gasteiger partial charge in [0.05, 0.1) is 24.6 Å². The molecule has 3 rings (SSSR count). The van der Waals surface area contributed by atoms with Gasteiger partial charge in [0.2, 0.25) is 5.95 Å². The van der Waals surface area contributed by atoms with E-state index in [0.29, 0.717) is 24.9 Å². The van der Waals surface area contributed by atoms with Gasteiger partial charge in [-0.1, -0.05) is 0 Å². The van der Waals surface area contributed by atoms with Crippen molar-refractivity contribution in [1.82, 2.24) is 9.97 Å². The van der Waals surface area contributed by atoms with Gasteiger partial charge < -0.3 is 26.3 Å². The van der Waals surface area contributed by atoms with Crippen molar-refractivity contribution in [2.24, 2.45) is 5.92 Å². The number of nitrogens with one attached hydrogen (secondary N) is 1. The predicted molar refractivity (Wildman–Crippen MR) is 104 cm³/mol. The first kappa shape index (κ1) is 18.1. The number of hydrogen-bond acceptors (Lipinski definition) is 7. The minimum atomic E-state index is 0.256. The Bertz CT molecular complexity index is 766. The standard InChI is InChI=1S/C19H27N5O2/c1-3-25-13-6-8-17(26-4-2)16(10-13)22-11-12-5-7-15-14(9-12)18(20)24-19(21)23-15/h6,8,10,12,22H,3-5,7,9,11H2,1-2H3,(H4,20,21,23,24). The average Bonchev–Trinajstić information content (AvgIpc) is 2.62. The van der Waals surface area contributed by atoms with Crippen LogP contribution in [0.1, 0.15) is 31.5 Å². The van der Waals surface area contributed by atoms with Crippen molar-refractivity contribution >= 4 is 17.5 Å². The van der Waals surface area contributed by atoms with Crippen molar-refractivity contribution in [2.75, 3.05) is 36.5 Å². The third kappa shape index (κ3) is 4.09. The second kappa shape index (κ2) is 8.12. The molecule has 1 unspecified atom stereocenters. The number of anilines is 3. The Balaban J connectivity index is 1.70. The third-order valence-electron chi connectivity index (χ3n) is 4.57. The van der Waals surface area contributed by atoms with Crippen molar-refractivity contribution in [3.8, 4) is 11.5 Å². The molecule has 26 heavy (non-hydrogen) atoms. The lowest BCUT2D eigenvalue weighted by molar-refractivity contribution is 0.331. The summed E-state index contributed by atoms with van der Waals surface area (Å²) in [6.45, 7) is 6.03. The second-order valence-corrected chi connectivity index (χ2v) is 6.41. The summed E-state index contributed by atoms with van der Waals surface area (Å²) < 4.78 is 11.3. The third-order valence-corrected chi connectivity index (χ3v) is 4.57. The normalized spacial score (nSPS) is 16.0. The molecule has 5 N–H and O–H groups in total. The molecular weight excluding hydrogens is 330 g/mol. The van der Waals surface area contributed by atoms with Crippen LogP contribution in [0.2, 0.25) is 0 Å². The van der Waals surface area contributed by atoms with Crippen LogP contribution in [0.5, 0.6) is 11.5 Å². The maximum absolute atomic E-state index is 6.04. The van der Waals surface area contributed by atoms with Crippen molar-refractivity contribution in [2.45, 2.75) is 33.1 Å². The fraction of sp³-hybridized carbons (Fsp3) is 0.474. The summed E-state index contributed by atoms with van der Waals surface area (Å²) in [4.78, 5) is 8.43. The Morgan fingerprint density at radius 3 is 2.73 bits per heavy atom. The van der Waals surface area contributed by atoms with E-state index in [0.717, 1.165) is 54.3 Å². The van der Waals surface area contributed by atoms with Gasteiger partial charge in [-0.05, 0) is 51.2 Å². The molecule has 0 radical (unpaired) electrons. The molecule has 2 aromatic rings. The van der Waals surface area contributed by atoms with Gasteiger partial charge in [-0.3, -0.25) is 0 Å². The Labute approximate surface area is 154 Å². The zero-order chi connectivity index (χ0) is 18.5. The fourth-order valence-electron chi connectivity index (χ4n) is 3.34. The lowest BCUT2D eigenvalue weighted by Crippen LogP contribution is -2.24. The van der Waals surface area contributed by atoms with Gasteiger partial charge in [-0.25, -0.2) is 4.98 Å². The van der Waals surface area contributed by atoms with E-state index in [4.69, 9.17) is 20.9 Å². The quantitative estimate of drug-likeness (QED) is 0.699. The smallest absolute Gasteiger partial charge is 0.222 e. The first-order valence-electron chi connectivity index (χ1n) is 9.15. The summed E-state index contributed by atoms with van der Waals surface area (Å²) in [6.07, 6.45) is 2.75. The molecule has 0 fully saturated rings. The molecule has 0 aliphatic heterocycles. The molecule has 1 aliphatic carbocycles. The van der Waals surface area contributed by atoms with Crippen molar-refractivity contribution in [3.63, 3.8) is 0 Å². The minimum Gasteiger partial charge on any atom is -0.494 e. The number of nitrogen functional groups attached to an aromatic ring is 2. The molecule has 1 heterocycles. The summed E-state index contributed by atoms with van der Waals surface area (Å²) in [5.41, 5.74) is 14.7. The molecule has 1 aromatic carbocycles. The number of nitrogens with zero attached hydrogens (tertiary/aromatic N) is 2. The molecule has 0 saturated carbocycles. The summed E-state index contributed by atoms with van der Waals surface area (Å²) in [5, 5.41) is 3.52. The zero-order valence-corrected chi connectivity index (χ0v) is 15.4. The lowest BCUT2D eigenvalue weighted by atomic mass is 9.86. The average molecular weight is 357 g/mol. The number of nitrogens with two attached hydrogens (primary N) is 2. The van der Waals surface area contributed by atoms with Crippen LogP contribution in [0.15, 0.2) is 18.2 Å². The number of hydrogen-bond donors (Lipinski definition) is 3. The van der Waals surface area contributed by atoms with Crippen LogP contribution in [-0.4, -0.2) is 29.7 Å². The number of aryl methyl sites for hydroxylation is 1. The van der Waals surface area contributed by atoms with Gasteiger partial charge in [0.25, 0.3) is 0 Å². The van der Waals surface area contributed by atoms with Crippen molar-refractivity contribution in [1.29, 1.82) is 0 Å². The van der Waals surface area contributed by atoms with Crippen LogP contribution in [-0.2, 0) is 12.8 Å². The van der Waals surface area contributed by atoms with E-state index in [1.54, 1.807) is 0 Å². The van der Waals surface area contributed by atoms with E-state index in [9.17, 15) is 0 Å². The molecule has 0 saturated heterocycles. The molecule has 1 aromatic heterocycles. The Kier molecular flexibility index (Phi) is 5.65. The molecule has 0 amide bonds. The monoisotopic (exact) mass is 357 g/mol. The summed E-state index contributed by atoms with van der Waals surface area (Å²) >= 11 is 0. The van der Waals surface area contributed by atoms with Crippen molar-refractivity contribution < 1.29 is 9.47 Å². The number of fused-ring (bicyclic) bond motifs is 1. The van der Waals surface area contributed by atoms with E-state index >= 15 is 0 Å². The maximum Gasteiger partial charge on any atom is 0.222 e. The molecule has 0 bridgehead atoms. The molecule has 1 atom stereocenters. The van der Waals surface area contributed by atoms with Crippen molar-refractivity contribution in [3.05, 3.63) is 29.5 Å². The predicted octanol–water partition coefficient (Wildman–Crippen LogP) is 2.66. The maximum atomic E-state index is 6.04. The summed E-state index contributed by atoms with van der Waals surface area (Å²) in [6, 6.07) is 5.87. The van der Waals surface area contributed by atoms with Gasteiger partial charge in [0.15, 0.2) is 0 Å². The molecule has 7 nitrogen and oxygen atoms in total. The molecule has 1 aliphatic rings. The SMILES string of the molecule is CCOc1ccc(OCC)c(NCC2CCc3nc(N)nc(N)c3C2)c1. The van der Waals surface area contributed by atoms with Crippen LogP contribution in [0.3, 0.4) is 0 Å². The first-order valence-corrected chi connectivity index (χ1v) is 9.15. The van der Waals surface area contributed by atoms with Gasteiger partial charge in [-0.15, -0.1) is 0 Å². The van der Waals surface area contributed by atoms with Gasteiger partial charge >= 0.3 is 0 Å². The second-order valence-electron chi connectivity index (χ2n) is 6.41. The zero-order valence-electron chi connectivity index (χ0n) is 15.4. The Hall–Kier alpha value is -2.70. The molecular formula is C19H27N5O2. The van der Waals surface area contributed by atoms with E-state index in [2.05, 4.69) is 15.3 Å². The van der Waals surface area contributed by atoms with Crippen LogP contribution in [0.25, 0.3) is 0 Å². The van der Waals surface area contributed by atoms with E-state index in [1.807, 2.05) is 32.0 Å². The van der Waals surface area contributed by atoms with Crippen LogP contribution in [0.4, 0.5) is 17.5 Å². The highest BCUT2D eigenvalue weighted by Crippen LogP contribution is 2.32. The number of ether oxygens (including phenoxy) is 2. The topological polar surface area (TPSA) is 108 Å². The first-order chi connectivity index (χ1) is 12.6. The number of benzene rings is 1. The summed E-state index contributed by atoms with van der Waals surface area (Å²) in [5.74, 6) is 2.88. The van der Waals surface area contributed by atoms with Crippen LogP contribution < -0.4 is 26.3 Å². The number of aromatic nitrogens is 2. The highest BCUT2D eigenvalue weighted by molar-refractivity contribution is 5.60. The highest BCUT2D eigenvalue weighted by atomic mass is 16.5. The van der Waals surface area contributed by atoms with E-state index < -0.39 is 0 Å². The summed E-state index contributed by atoms with van der Waals surface area (Å²) in [7, 11) is 0. The van der Waals surface area contributed by atoms with Gasteiger partial charge in [0, 0.05) is 18.2 Å². The van der Waals surface area contributed by atoms with Crippen LogP contribution >= 0.6 is 0 Å². The Morgan fingerprint density at radius 1 is 1.15 bits per heavy atom. The van der Waals surface area contributed by atoms with E-state index in [1.165, 1.54) is 0 Å². The van der Waals surface area contributed by atoms with Crippen LogP contribution in [0, 0.1) is 5.92 Å². The van der Waals surface area contributed by atoms with Gasteiger partial charge in [-0.2, -0.15) is 4.98 Å². The van der Waals surface area contributed by atoms with E-state index in [-0.39, 0.29) is 5.95 Å². The Morgan fingerprint density at radius 2 is 1.96 bits per heavy atom. The number of rotatable bonds is 7. The molecule has 7 heteroatoms. The molecule has 0 spiro atoms. The largest absolute Gasteiger partial charge is 0.494 e. The molecule has 140 valence electrons. The lowest BCUT2D eigenvalue weighted by Gasteiger charge is -2.25. The fourth-order valence-corrected chi connectivity index (χ4v) is 3.34.